The Labute approximate surface area is 224 Å². The van der Waals surface area contributed by atoms with Crippen LogP contribution in [-0.2, 0) is 9.53 Å². The Bertz CT molecular complexity index is 958. The minimum atomic E-state index is -4.51. The highest BCUT2D eigenvalue weighted by atomic mass is 19.4. The number of alkyl halides is 3. The summed E-state index contributed by atoms with van der Waals surface area (Å²) < 4.78 is 47.5. The van der Waals surface area contributed by atoms with Crippen LogP contribution in [0.2, 0.25) is 0 Å². The molecule has 4 rings (SSSR count). The van der Waals surface area contributed by atoms with Crippen molar-refractivity contribution >= 4 is 17.3 Å². The third-order valence-electron chi connectivity index (χ3n) is 7.01. The van der Waals surface area contributed by atoms with Crippen LogP contribution in [0.4, 0.5) is 24.5 Å². The topological polar surface area (TPSA) is 65.6 Å². The van der Waals surface area contributed by atoms with E-state index in [9.17, 15) is 18.0 Å². The number of anilines is 2. The molecule has 2 fully saturated rings. The van der Waals surface area contributed by atoms with E-state index in [0.717, 1.165) is 44.1 Å². The average molecular weight is 535 g/mol. The van der Waals surface area contributed by atoms with Crippen molar-refractivity contribution in [2.45, 2.75) is 63.7 Å². The van der Waals surface area contributed by atoms with Crippen molar-refractivity contribution < 1.29 is 22.7 Å². The fraction of sp³-hybridized carbons (Fsp3) is 0.552. The molecule has 1 saturated heterocycles. The lowest BCUT2D eigenvalue weighted by Gasteiger charge is -2.40. The van der Waals surface area contributed by atoms with Crippen LogP contribution in [0.5, 0.6) is 0 Å². The normalized spacial score (nSPS) is 18.1. The van der Waals surface area contributed by atoms with E-state index in [0.29, 0.717) is 38.8 Å². The van der Waals surface area contributed by atoms with Crippen LogP contribution >= 0.6 is 0 Å². The molecule has 2 aromatic carbocycles. The number of carbonyl (C=O) groups is 1. The van der Waals surface area contributed by atoms with E-state index in [2.05, 4.69) is 20.9 Å². The van der Waals surface area contributed by atoms with Crippen molar-refractivity contribution in [3.63, 3.8) is 0 Å². The number of nitrogens with zero attached hydrogens (tertiary/aromatic N) is 1. The van der Waals surface area contributed by atoms with Gasteiger partial charge in [0.25, 0.3) is 0 Å². The summed E-state index contributed by atoms with van der Waals surface area (Å²) in [5.41, 5.74) is 0.937. The van der Waals surface area contributed by atoms with Gasteiger partial charge in [0.1, 0.15) is 6.04 Å². The number of amides is 1. The molecule has 1 aliphatic carbocycles. The van der Waals surface area contributed by atoms with E-state index in [1.165, 1.54) is 12.1 Å². The van der Waals surface area contributed by atoms with Gasteiger partial charge < -0.3 is 20.3 Å². The van der Waals surface area contributed by atoms with Crippen molar-refractivity contribution in [1.29, 1.82) is 0 Å². The molecule has 210 valence electrons. The monoisotopic (exact) mass is 534 g/mol. The molecular weight excluding hydrogens is 493 g/mol. The fourth-order valence-corrected chi connectivity index (χ4v) is 5.03. The highest BCUT2D eigenvalue weighted by molar-refractivity contribution is 5.86. The quantitative estimate of drug-likeness (QED) is 0.362. The number of benzene rings is 2. The smallest absolute Gasteiger partial charge is 0.383 e. The molecule has 0 aromatic heterocycles. The second-order valence-electron chi connectivity index (χ2n) is 9.50. The molecule has 1 heterocycles. The Balaban J connectivity index is 0.00000195. The molecule has 1 unspecified atom stereocenters. The maximum absolute atomic E-state index is 14.0. The van der Waals surface area contributed by atoms with Crippen molar-refractivity contribution in [3.05, 3.63) is 60.2 Å². The molecule has 0 bridgehead atoms. The highest BCUT2D eigenvalue weighted by Gasteiger charge is 2.48. The maximum Gasteiger partial charge on any atom is 0.407 e. The Morgan fingerprint density at radius 3 is 2.18 bits per heavy atom. The lowest BCUT2D eigenvalue weighted by Crippen LogP contribution is -2.61. The second-order valence-corrected chi connectivity index (χ2v) is 9.50. The molecule has 1 aliphatic heterocycles. The van der Waals surface area contributed by atoms with E-state index in [1.807, 2.05) is 38.1 Å². The number of carbonyl (C=O) groups excluding carboxylic acids is 1. The number of ether oxygens (including phenoxy) is 1. The zero-order chi connectivity index (χ0) is 27.4. The first-order valence-corrected chi connectivity index (χ1v) is 13.7. The van der Waals surface area contributed by atoms with Gasteiger partial charge in [-0.2, -0.15) is 13.2 Å². The van der Waals surface area contributed by atoms with Crippen LogP contribution in [0.1, 0.15) is 57.6 Å². The largest absolute Gasteiger partial charge is 0.407 e. The summed E-state index contributed by atoms with van der Waals surface area (Å²) in [7, 11) is 0. The van der Waals surface area contributed by atoms with Crippen molar-refractivity contribution in [2.24, 2.45) is 0 Å². The van der Waals surface area contributed by atoms with E-state index in [-0.39, 0.29) is 11.5 Å². The summed E-state index contributed by atoms with van der Waals surface area (Å²) in [4.78, 5) is 15.5. The molecule has 2 aromatic rings. The first kappa shape index (κ1) is 29.8. The zero-order valence-corrected chi connectivity index (χ0v) is 22.4. The maximum atomic E-state index is 14.0. The predicted octanol–water partition coefficient (Wildman–Crippen LogP) is 5.67. The minimum absolute atomic E-state index is 0.116. The summed E-state index contributed by atoms with van der Waals surface area (Å²) in [5, 5.41) is 8.91. The minimum Gasteiger partial charge on any atom is -0.383 e. The molecule has 1 saturated carbocycles. The summed E-state index contributed by atoms with van der Waals surface area (Å²) in [5.74, 6) is -0.364. The van der Waals surface area contributed by atoms with Crippen LogP contribution < -0.4 is 20.9 Å². The first-order valence-electron chi connectivity index (χ1n) is 13.7. The first-order chi connectivity index (χ1) is 18.4. The molecule has 1 atom stereocenters. The van der Waals surface area contributed by atoms with Gasteiger partial charge in [-0.05, 0) is 42.7 Å². The van der Waals surface area contributed by atoms with Gasteiger partial charge in [-0.15, -0.1) is 0 Å². The number of rotatable bonds is 9. The van der Waals surface area contributed by atoms with Crippen LogP contribution in [0.25, 0.3) is 0 Å². The SMILES string of the molecule is CC.O=C(NCCNc1ccc(N2CCOCC2)cc1)C1(NC(c2ccccc2)C(F)(F)F)CCCCC1. The van der Waals surface area contributed by atoms with Gasteiger partial charge in [-0.3, -0.25) is 10.1 Å². The van der Waals surface area contributed by atoms with Crippen LogP contribution in [-0.4, -0.2) is 57.0 Å². The average Bonchev–Trinajstić information content (AvgIpc) is 2.96. The van der Waals surface area contributed by atoms with Crippen molar-refractivity contribution in [1.82, 2.24) is 10.6 Å². The Morgan fingerprint density at radius 2 is 1.58 bits per heavy atom. The third kappa shape index (κ3) is 8.11. The van der Waals surface area contributed by atoms with E-state index in [1.54, 1.807) is 18.2 Å². The molecule has 9 heteroatoms. The number of nitrogens with one attached hydrogen (secondary N) is 3. The third-order valence-corrected chi connectivity index (χ3v) is 7.01. The molecule has 2 aliphatic rings. The predicted molar refractivity (Wildman–Crippen MR) is 147 cm³/mol. The molecule has 3 N–H and O–H groups in total. The Morgan fingerprint density at radius 1 is 0.947 bits per heavy atom. The Hall–Kier alpha value is -2.78. The van der Waals surface area contributed by atoms with E-state index < -0.39 is 17.8 Å². The summed E-state index contributed by atoms with van der Waals surface area (Å²) in [6, 6.07) is 13.9. The van der Waals surface area contributed by atoms with Crippen LogP contribution in [0.15, 0.2) is 54.6 Å². The van der Waals surface area contributed by atoms with Gasteiger partial charge in [0.2, 0.25) is 5.91 Å². The fourth-order valence-electron chi connectivity index (χ4n) is 5.03. The molecule has 38 heavy (non-hydrogen) atoms. The number of morpholine rings is 1. The Kier molecular flexibility index (Phi) is 11.3. The van der Waals surface area contributed by atoms with Gasteiger partial charge in [-0.25, -0.2) is 0 Å². The van der Waals surface area contributed by atoms with Crippen molar-refractivity contribution in [3.8, 4) is 0 Å². The van der Waals surface area contributed by atoms with Gasteiger partial charge in [-0.1, -0.05) is 63.4 Å². The standard InChI is InChI=1S/C27H35F3N4O2.C2H6/c28-27(29,30)24(21-7-3-1-4-8-21)33-26(13-5-2-6-14-26)25(35)32-16-15-31-22-9-11-23(12-10-22)34-17-19-36-20-18-34;1-2/h1,3-4,7-12,24,31,33H,2,5-6,13-20H2,(H,32,35);1-2H3. The molecule has 6 nitrogen and oxygen atoms in total. The summed E-state index contributed by atoms with van der Waals surface area (Å²) in [6.45, 7) is 7.98. The van der Waals surface area contributed by atoms with Gasteiger partial charge in [0.05, 0.1) is 18.8 Å². The van der Waals surface area contributed by atoms with Crippen molar-refractivity contribution in [2.75, 3.05) is 49.6 Å². The zero-order valence-electron chi connectivity index (χ0n) is 22.4. The number of hydrogen-bond donors (Lipinski definition) is 3. The van der Waals surface area contributed by atoms with Gasteiger partial charge in [0, 0.05) is 37.6 Å². The van der Waals surface area contributed by atoms with Gasteiger partial charge >= 0.3 is 6.18 Å². The van der Waals surface area contributed by atoms with E-state index >= 15 is 0 Å². The summed E-state index contributed by atoms with van der Waals surface area (Å²) >= 11 is 0. The molecule has 0 radical (unpaired) electrons. The number of hydrogen-bond acceptors (Lipinski definition) is 5. The number of halogens is 3. The molecule has 1 amide bonds. The molecular formula is C29H41F3N4O2. The molecule has 0 spiro atoms. The lowest BCUT2D eigenvalue weighted by atomic mass is 9.79. The van der Waals surface area contributed by atoms with Crippen LogP contribution in [0, 0.1) is 0 Å². The highest BCUT2D eigenvalue weighted by Crippen LogP contribution is 2.38. The lowest BCUT2D eigenvalue weighted by molar-refractivity contribution is -0.166. The second kappa shape index (κ2) is 14.4. The van der Waals surface area contributed by atoms with Gasteiger partial charge in [0.15, 0.2) is 0 Å². The van der Waals surface area contributed by atoms with Crippen LogP contribution in [0.3, 0.4) is 0 Å². The van der Waals surface area contributed by atoms with E-state index in [4.69, 9.17) is 4.74 Å². The summed E-state index contributed by atoms with van der Waals surface area (Å²) in [6.07, 6.45) is -1.40.